The third-order valence-electron chi connectivity index (χ3n) is 6.80. The van der Waals surface area contributed by atoms with Gasteiger partial charge in [0.25, 0.3) is 0 Å². The Balaban J connectivity index is 1.47. The van der Waals surface area contributed by atoms with Crippen molar-refractivity contribution >= 4 is 47.0 Å². The van der Waals surface area contributed by atoms with E-state index in [2.05, 4.69) is 36.2 Å². The number of halogens is 2. The van der Waals surface area contributed by atoms with E-state index in [-0.39, 0.29) is 24.3 Å². The Morgan fingerprint density at radius 1 is 1.14 bits per heavy atom. The topological polar surface area (TPSA) is 140 Å². The molecule has 1 aromatic heterocycles. The number of fused-ring (bicyclic) bond motifs is 4. The number of carbonyl (C=O) groups excluding carboxylic acids is 3. The summed E-state index contributed by atoms with van der Waals surface area (Å²) in [6, 6.07) is 13.9. The number of methoxy groups -OCH3 is 1. The van der Waals surface area contributed by atoms with Crippen LogP contribution in [-0.4, -0.2) is 45.2 Å². The maximum absolute atomic E-state index is 15.3. The van der Waals surface area contributed by atoms with Crippen LogP contribution < -0.4 is 16.0 Å². The first kappa shape index (κ1) is 30.1. The van der Waals surface area contributed by atoms with Crippen LogP contribution in [0.4, 0.5) is 20.6 Å². The molecule has 2 heterocycles. The van der Waals surface area contributed by atoms with Crippen LogP contribution in [0.15, 0.2) is 79.2 Å². The van der Waals surface area contributed by atoms with Crippen LogP contribution in [-0.2, 0) is 14.3 Å². The predicted octanol–water partition coefficient (Wildman–Crippen LogP) is 5.85. The van der Waals surface area contributed by atoms with E-state index in [0.29, 0.717) is 45.2 Å². The van der Waals surface area contributed by atoms with Crippen molar-refractivity contribution in [1.29, 1.82) is 0 Å². The number of amides is 3. The van der Waals surface area contributed by atoms with Crippen molar-refractivity contribution < 1.29 is 23.5 Å². The average molecular weight is 616 g/mol. The molecule has 13 heteroatoms. The van der Waals surface area contributed by atoms with Crippen molar-refractivity contribution in [2.24, 2.45) is 0 Å². The molecule has 11 nitrogen and oxygen atoms in total. The van der Waals surface area contributed by atoms with E-state index in [1.165, 1.54) is 30.3 Å². The Morgan fingerprint density at radius 2 is 2.00 bits per heavy atom. The molecule has 224 valence electrons. The van der Waals surface area contributed by atoms with E-state index < -0.39 is 23.9 Å². The van der Waals surface area contributed by atoms with Crippen molar-refractivity contribution in [2.75, 3.05) is 17.7 Å². The summed E-state index contributed by atoms with van der Waals surface area (Å²) in [5, 5.41) is 20.0. The second-order valence-electron chi connectivity index (χ2n) is 9.76. The van der Waals surface area contributed by atoms with Crippen molar-refractivity contribution in [1.82, 2.24) is 25.5 Å². The summed E-state index contributed by atoms with van der Waals surface area (Å²) in [5.74, 6) is -1.20. The highest BCUT2D eigenvalue weighted by atomic mass is 35.5. The Bertz CT molecular complexity index is 1760. The number of anilines is 2. The van der Waals surface area contributed by atoms with Gasteiger partial charge >= 0.3 is 6.09 Å². The van der Waals surface area contributed by atoms with Gasteiger partial charge in [-0.05, 0) is 77.4 Å². The van der Waals surface area contributed by atoms with Crippen molar-refractivity contribution in [3.05, 3.63) is 101 Å². The molecule has 44 heavy (non-hydrogen) atoms. The molecule has 4 aromatic rings. The maximum atomic E-state index is 15.3. The monoisotopic (exact) mass is 615 g/mol. The van der Waals surface area contributed by atoms with Crippen LogP contribution >= 0.6 is 11.6 Å². The number of ether oxygens (including phenoxy) is 1. The maximum Gasteiger partial charge on any atom is 0.411 e. The highest BCUT2D eigenvalue weighted by Gasteiger charge is 2.20. The molecule has 0 fully saturated rings. The van der Waals surface area contributed by atoms with Gasteiger partial charge in [-0.3, -0.25) is 14.9 Å². The smallest absolute Gasteiger partial charge is 0.411 e. The van der Waals surface area contributed by atoms with E-state index in [1.54, 1.807) is 54.6 Å². The number of benzene rings is 3. The van der Waals surface area contributed by atoms with Crippen LogP contribution in [0, 0.1) is 5.82 Å². The van der Waals surface area contributed by atoms with Crippen LogP contribution in [0.5, 0.6) is 0 Å². The normalized spacial score (nSPS) is 14.9. The van der Waals surface area contributed by atoms with Crippen LogP contribution in [0.1, 0.15) is 36.4 Å². The molecule has 3 amide bonds. The van der Waals surface area contributed by atoms with Crippen molar-refractivity contribution in [2.45, 2.75) is 25.3 Å². The summed E-state index contributed by atoms with van der Waals surface area (Å²) < 4.78 is 21.5. The minimum absolute atomic E-state index is 0.194. The lowest BCUT2D eigenvalue weighted by molar-refractivity contribution is -0.117. The Hall–Kier alpha value is -5.36. The molecule has 5 rings (SSSR count). The third-order valence-corrected chi connectivity index (χ3v) is 7.04. The second kappa shape index (κ2) is 13.7. The lowest BCUT2D eigenvalue weighted by atomic mass is 9.95. The number of rotatable bonds is 5. The first-order valence-electron chi connectivity index (χ1n) is 13.6. The number of allylic oxidation sites excluding steroid dienone is 1. The van der Waals surface area contributed by atoms with Gasteiger partial charge < -0.3 is 15.4 Å². The van der Waals surface area contributed by atoms with Gasteiger partial charge in [0, 0.05) is 39.9 Å². The number of aromatic nitrogens is 4. The number of nitrogens with one attached hydrogen (secondary N) is 3. The van der Waals surface area contributed by atoms with Crippen LogP contribution in [0.25, 0.3) is 22.9 Å². The van der Waals surface area contributed by atoms with Gasteiger partial charge in [-0.2, -0.15) is 4.68 Å². The van der Waals surface area contributed by atoms with Gasteiger partial charge in [-0.15, -0.1) is 5.10 Å². The second-order valence-corrected chi connectivity index (χ2v) is 10.2. The Morgan fingerprint density at radius 3 is 2.80 bits per heavy atom. The van der Waals surface area contributed by atoms with E-state index >= 15 is 4.39 Å². The summed E-state index contributed by atoms with van der Waals surface area (Å²) in [6.07, 6.45) is 8.20. The minimum Gasteiger partial charge on any atom is -0.453 e. The summed E-state index contributed by atoms with van der Waals surface area (Å²) >= 11 is 6.19. The van der Waals surface area contributed by atoms with Crippen LogP contribution in [0.2, 0.25) is 5.02 Å². The molecule has 0 saturated carbocycles. The van der Waals surface area contributed by atoms with Gasteiger partial charge in [-0.1, -0.05) is 35.9 Å². The lowest BCUT2D eigenvalue weighted by Crippen LogP contribution is -2.27. The molecule has 1 aliphatic rings. The zero-order valence-corrected chi connectivity index (χ0v) is 24.2. The SMILES string of the molecule is COC(=O)Nc1ccc2c(c1)NC(=O)CCC=CCC(NC(=O)C=Cc1cc(Cl)ccc1-n1cnnn1)c1cc-2ccc1F. The summed E-state index contributed by atoms with van der Waals surface area (Å²) in [5.41, 5.74) is 3.50. The summed E-state index contributed by atoms with van der Waals surface area (Å²) in [7, 11) is 1.25. The molecule has 1 unspecified atom stereocenters. The first-order chi connectivity index (χ1) is 21.3. The average Bonchev–Trinajstić information content (AvgIpc) is 3.54. The Kier molecular flexibility index (Phi) is 9.40. The number of hydrogen-bond donors (Lipinski definition) is 3. The number of nitrogens with zero attached hydrogens (tertiary/aromatic N) is 4. The lowest BCUT2D eigenvalue weighted by Gasteiger charge is -2.20. The molecule has 0 saturated heterocycles. The standard InChI is InChI=1S/C31H27ClFN7O4/c1-44-31(43)35-22-10-11-23-19-7-12-25(33)24(16-19)26(5-3-2-4-6-29(41)37-27(23)17-22)36-30(42)14-8-20-15-21(32)9-13-28(20)40-18-34-38-39-40/h2-3,7-18,26H,4-6H2,1H3,(H,35,43)(H,36,42)(H,37,41). The van der Waals surface area contributed by atoms with Crippen LogP contribution in [0.3, 0.4) is 0 Å². The number of carbonyl (C=O) groups is 3. The van der Waals surface area contributed by atoms with E-state index in [0.717, 1.165) is 0 Å². The molecule has 1 atom stereocenters. The van der Waals surface area contributed by atoms with E-state index in [1.807, 2.05) is 12.2 Å². The van der Waals surface area contributed by atoms with Gasteiger partial charge in [0.15, 0.2) is 0 Å². The molecular formula is C31H27ClFN7O4. The van der Waals surface area contributed by atoms with Gasteiger partial charge in [0.05, 0.1) is 24.5 Å². The quantitative estimate of drug-likeness (QED) is 0.189. The van der Waals surface area contributed by atoms with E-state index in [4.69, 9.17) is 11.6 Å². The van der Waals surface area contributed by atoms with Gasteiger partial charge in [-0.25, -0.2) is 9.18 Å². The highest BCUT2D eigenvalue weighted by molar-refractivity contribution is 6.30. The fraction of sp³-hybridized carbons (Fsp3) is 0.161. The molecule has 0 aliphatic carbocycles. The Labute approximate surface area is 256 Å². The van der Waals surface area contributed by atoms with Crippen molar-refractivity contribution in [3.63, 3.8) is 0 Å². The predicted molar refractivity (Wildman–Crippen MR) is 164 cm³/mol. The fourth-order valence-corrected chi connectivity index (χ4v) is 4.87. The first-order valence-corrected chi connectivity index (χ1v) is 13.9. The third kappa shape index (κ3) is 7.34. The summed E-state index contributed by atoms with van der Waals surface area (Å²) in [6.45, 7) is 0. The molecule has 2 bridgehead atoms. The molecule has 0 spiro atoms. The molecular weight excluding hydrogens is 589 g/mol. The van der Waals surface area contributed by atoms with Crippen molar-refractivity contribution in [3.8, 4) is 16.8 Å². The molecule has 1 aliphatic heterocycles. The zero-order valence-electron chi connectivity index (χ0n) is 23.5. The molecule has 3 aromatic carbocycles. The minimum atomic E-state index is -0.727. The zero-order chi connectivity index (χ0) is 31.1. The number of tetrazole rings is 1. The van der Waals surface area contributed by atoms with E-state index in [9.17, 15) is 14.4 Å². The van der Waals surface area contributed by atoms with Gasteiger partial charge in [0.1, 0.15) is 12.1 Å². The highest BCUT2D eigenvalue weighted by Crippen LogP contribution is 2.34. The largest absolute Gasteiger partial charge is 0.453 e. The summed E-state index contributed by atoms with van der Waals surface area (Å²) in [4.78, 5) is 37.7. The van der Waals surface area contributed by atoms with Gasteiger partial charge in [0.2, 0.25) is 11.8 Å². The molecule has 3 N–H and O–H groups in total. The number of hydrogen-bond acceptors (Lipinski definition) is 7. The fourth-order valence-electron chi connectivity index (χ4n) is 4.69. The molecule has 0 radical (unpaired) electrons.